The second-order valence-corrected chi connectivity index (χ2v) is 6.27. The largest absolute Gasteiger partial charge is 0.494 e. The van der Waals surface area contributed by atoms with E-state index in [4.69, 9.17) is 28.6 Å². The Kier molecular flexibility index (Phi) is 5.40. The fourth-order valence-electron chi connectivity index (χ4n) is 2.59. The summed E-state index contributed by atoms with van der Waals surface area (Å²) in [5.41, 5.74) is 1.58. The highest BCUT2D eigenvalue weighted by atomic mass is 35.5. The third-order valence-corrected chi connectivity index (χ3v) is 4.30. The molecule has 0 aliphatic carbocycles. The van der Waals surface area contributed by atoms with Crippen LogP contribution in [0.1, 0.15) is 13.3 Å². The molecule has 5 nitrogen and oxygen atoms in total. The smallest absolute Gasteiger partial charge is 0.247 e. The predicted octanol–water partition coefficient (Wildman–Crippen LogP) is 4.09. The Bertz CT molecular complexity index is 765. The maximum absolute atomic E-state index is 12.3. The minimum Gasteiger partial charge on any atom is -0.494 e. The molecule has 0 aromatic heterocycles. The highest BCUT2D eigenvalue weighted by Crippen LogP contribution is 2.25. The Morgan fingerprint density at radius 3 is 2.52 bits per heavy atom. The zero-order valence-corrected chi connectivity index (χ0v) is 15.3. The normalized spacial score (nSPS) is 13.9. The summed E-state index contributed by atoms with van der Waals surface area (Å²) in [5, 5.41) is 7.60. The summed E-state index contributed by atoms with van der Waals surface area (Å²) in [5.74, 6) is 0.802. The third kappa shape index (κ3) is 4.03. The quantitative estimate of drug-likeness (QED) is 0.815. The van der Waals surface area contributed by atoms with E-state index in [-0.39, 0.29) is 5.91 Å². The van der Waals surface area contributed by atoms with E-state index >= 15 is 0 Å². The van der Waals surface area contributed by atoms with E-state index in [1.54, 1.807) is 34.3 Å². The van der Waals surface area contributed by atoms with Crippen LogP contribution in [0.4, 0.5) is 11.4 Å². The van der Waals surface area contributed by atoms with Gasteiger partial charge in [-0.05, 0) is 67.7 Å². The topological polar surface area (TPSA) is 44.8 Å². The van der Waals surface area contributed by atoms with Gasteiger partial charge in [-0.2, -0.15) is 0 Å². The number of carbonyl (C=O) groups excluding carboxylic acids is 1. The Morgan fingerprint density at radius 1 is 1.20 bits per heavy atom. The number of nitrogens with zero attached hydrogens (tertiary/aromatic N) is 2. The van der Waals surface area contributed by atoms with E-state index in [0.29, 0.717) is 29.7 Å². The lowest BCUT2D eigenvalue weighted by atomic mass is 10.3. The Labute approximate surface area is 157 Å². The van der Waals surface area contributed by atoms with Crippen LogP contribution in [-0.2, 0) is 4.79 Å². The molecule has 0 spiro atoms. The molecule has 25 heavy (non-hydrogen) atoms. The minimum absolute atomic E-state index is 0.00170. The van der Waals surface area contributed by atoms with Crippen molar-refractivity contribution in [1.82, 2.24) is 5.01 Å². The molecule has 2 aromatic rings. The predicted molar refractivity (Wildman–Crippen MR) is 104 cm³/mol. The number of nitrogens with one attached hydrogen (secondary N) is 1. The lowest BCUT2D eigenvalue weighted by Crippen LogP contribution is -2.45. The lowest BCUT2D eigenvalue weighted by molar-refractivity contribution is -0.117. The van der Waals surface area contributed by atoms with Crippen molar-refractivity contribution in [1.29, 1.82) is 0 Å². The Morgan fingerprint density at radius 2 is 1.88 bits per heavy atom. The van der Waals surface area contributed by atoms with Crippen molar-refractivity contribution < 1.29 is 9.53 Å². The number of benzene rings is 2. The van der Waals surface area contributed by atoms with E-state index in [0.717, 1.165) is 17.1 Å². The van der Waals surface area contributed by atoms with Gasteiger partial charge in [-0.1, -0.05) is 11.6 Å². The van der Waals surface area contributed by atoms with Gasteiger partial charge in [0, 0.05) is 17.1 Å². The number of carbonyl (C=O) groups is 1. The molecule has 1 aliphatic rings. The first-order valence-corrected chi connectivity index (χ1v) is 8.77. The van der Waals surface area contributed by atoms with Crippen LogP contribution in [0.2, 0.25) is 5.02 Å². The first-order chi connectivity index (χ1) is 12.1. The van der Waals surface area contributed by atoms with Crippen LogP contribution in [0.3, 0.4) is 0 Å². The van der Waals surface area contributed by atoms with Crippen molar-refractivity contribution in [3.63, 3.8) is 0 Å². The van der Waals surface area contributed by atoms with Gasteiger partial charge in [0.2, 0.25) is 5.91 Å². The molecule has 2 aromatic carbocycles. The molecule has 1 N–H and O–H groups in total. The first kappa shape index (κ1) is 17.5. The number of hydrogen-bond donors (Lipinski definition) is 1. The minimum atomic E-state index is -0.00170. The number of hydrogen-bond acceptors (Lipinski definition) is 3. The average Bonchev–Trinajstić information content (AvgIpc) is 2.99. The molecule has 0 atom stereocenters. The maximum Gasteiger partial charge on any atom is 0.247 e. The van der Waals surface area contributed by atoms with E-state index in [1.165, 1.54) is 0 Å². The fraction of sp³-hybridized carbons (Fsp3) is 0.222. The van der Waals surface area contributed by atoms with Gasteiger partial charge >= 0.3 is 0 Å². The molecule has 0 saturated carbocycles. The number of amides is 1. The molecule has 1 fully saturated rings. The van der Waals surface area contributed by atoms with Crippen LogP contribution < -0.4 is 15.1 Å². The van der Waals surface area contributed by atoms with Crippen LogP contribution in [0.25, 0.3) is 0 Å². The van der Waals surface area contributed by atoms with Crippen molar-refractivity contribution >= 4 is 46.2 Å². The molecule has 0 bridgehead atoms. The van der Waals surface area contributed by atoms with Gasteiger partial charge in [-0.3, -0.25) is 9.80 Å². The van der Waals surface area contributed by atoms with E-state index in [1.807, 2.05) is 31.2 Å². The van der Waals surface area contributed by atoms with Crippen LogP contribution in [-0.4, -0.2) is 29.2 Å². The SMILES string of the molecule is CCOc1ccc(NC(=S)N2CCC(=O)N2c2ccc(Cl)cc2)cc1. The van der Waals surface area contributed by atoms with Crippen LogP contribution in [0.5, 0.6) is 5.75 Å². The molecule has 3 rings (SSSR count). The van der Waals surface area contributed by atoms with Gasteiger partial charge in [0.25, 0.3) is 0 Å². The molecule has 0 radical (unpaired) electrons. The first-order valence-electron chi connectivity index (χ1n) is 7.98. The molecule has 1 saturated heterocycles. The fourth-order valence-corrected chi connectivity index (χ4v) is 3.01. The Balaban J connectivity index is 1.73. The van der Waals surface area contributed by atoms with E-state index < -0.39 is 0 Å². The van der Waals surface area contributed by atoms with Gasteiger partial charge in [-0.25, -0.2) is 5.01 Å². The van der Waals surface area contributed by atoms with Crippen molar-refractivity contribution in [3.8, 4) is 5.75 Å². The molecule has 1 aliphatic heterocycles. The standard InChI is InChI=1S/C18H18ClN3O2S/c1-2-24-16-9-5-14(6-10-16)20-18(25)21-12-11-17(23)22(21)15-7-3-13(19)4-8-15/h3-10H,2,11-12H2,1H3,(H,20,25). The number of ether oxygens (including phenoxy) is 1. The second-order valence-electron chi connectivity index (χ2n) is 5.44. The van der Waals surface area contributed by atoms with Crippen LogP contribution >= 0.6 is 23.8 Å². The second kappa shape index (κ2) is 7.72. The van der Waals surface area contributed by atoms with Gasteiger partial charge in [0.05, 0.1) is 18.8 Å². The third-order valence-electron chi connectivity index (χ3n) is 3.74. The van der Waals surface area contributed by atoms with Crippen molar-refractivity contribution in [3.05, 3.63) is 53.6 Å². The van der Waals surface area contributed by atoms with Crippen molar-refractivity contribution in [2.45, 2.75) is 13.3 Å². The molecule has 1 heterocycles. The number of hydrazine groups is 1. The number of thiocarbonyl (C=S) groups is 1. The number of anilines is 2. The zero-order valence-electron chi connectivity index (χ0n) is 13.7. The lowest BCUT2D eigenvalue weighted by Gasteiger charge is -2.30. The molecule has 7 heteroatoms. The summed E-state index contributed by atoms with van der Waals surface area (Å²) in [6.07, 6.45) is 0.410. The van der Waals surface area contributed by atoms with Gasteiger partial charge in [0.15, 0.2) is 5.11 Å². The van der Waals surface area contributed by atoms with Crippen LogP contribution in [0.15, 0.2) is 48.5 Å². The molecule has 130 valence electrons. The molecular formula is C18H18ClN3O2S. The highest BCUT2D eigenvalue weighted by Gasteiger charge is 2.32. The molecular weight excluding hydrogens is 358 g/mol. The number of halogens is 1. The summed E-state index contributed by atoms with van der Waals surface area (Å²) >= 11 is 11.4. The Hall–Kier alpha value is -2.31. The summed E-state index contributed by atoms with van der Waals surface area (Å²) in [6.45, 7) is 3.10. The van der Waals surface area contributed by atoms with Gasteiger partial charge < -0.3 is 10.1 Å². The zero-order chi connectivity index (χ0) is 17.8. The van der Waals surface area contributed by atoms with Gasteiger partial charge in [0.1, 0.15) is 5.75 Å². The van der Waals surface area contributed by atoms with Gasteiger partial charge in [-0.15, -0.1) is 0 Å². The maximum atomic E-state index is 12.3. The monoisotopic (exact) mass is 375 g/mol. The van der Waals surface area contributed by atoms with E-state index in [2.05, 4.69) is 5.32 Å². The number of rotatable bonds is 4. The highest BCUT2D eigenvalue weighted by molar-refractivity contribution is 7.80. The summed E-state index contributed by atoms with van der Waals surface area (Å²) in [4.78, 5) is 12.3. The van der Waals surface area contributed by atoms with Crippen LogP contribution in [0, 0.1) is 0 Å². The summed E-state index contributed by atoms with van der Waals surface area (Å²) < 4.78 is 5.43. The van der Waals surface area contributed by atoms with Crippen molar-refractivity contribution in [2.75, 3.05) is 23.5 Å². The summed E-state index contributed by atoms with van der Waals surface area (Å²) in [6, 6.07) is 14.6. The van der Waals surface area contributed by atoms with E-state index in [9.17, 15) is 4.79 Å². The molecule has 0 unspecified atom stereocenters. The van der Waals surface area contributed by atoms with Crippen molar-refractivity contribution in [2.24, 2.45) is 0 Å². The molecule has 1 amide bonds. The summed E-state index contributed by atoms with van der Waals surface area (Å²) in [7, 11) is 0. The average molecular weight is 376 g/mol.